The Morgan fingerprint density at radius 1 is 0.970 bits per heavy atom. The number of nitrogens with two attached hydrogens (primary N) is 1. The highest BCUT2D eigenvalue weighted by atomic mass is 32.2. The predicted octanol–water partition coefficient (Wildman–Crippen LogP) is 3.48. The molecule has 172 valence electrons. The van der Waals surface area contributed by atoms with E-state index in [0.717, 1.165) is 5.56 Å². The van der Waals surface area contributed by atoms with E-state index in [1.165, 1.54) is 31.4 Å². The highest BCUT2D eigenvalue weighted by Gasteiger charge is 2.19. The molecule has 0 heterocycles. The number of urea groups is 1. The molecule has 3 aromatic rings. The molecule has 0 fully saturated rings. The number of anilines is 2. The Kier molecular flexibility index (Phi) is 7.19. The summed E-state index contributed by atoms with van der Waals surface area (Å²) in [5.74, 6) is -0.0583. The maximum atomic E-state index is 12.9. The molecule has 0 aliphatic heterocycles. The van der Waals surface area contributed by atoms with Crippen LogP contribution in [0.1, 0.15) is 28.9 Å². The maximum Gasteiger partial charge on any atom is 0.316 e. The summed E-state index contributed by atoms with van der Waals surface area (Å²) in [4.78, 5) is 23.6. The number of methoxy groups -OCH3 is 1. The summed E-state index contributed by atoms with van der Waals surface area (Å²) in [5, 5.41) is 5.30. The van der Waals surface area contributed by atoms with Gasteiger partial charge in [0.1, 0.15) is 5.75 Å². The van der Waals surface area contributed by atoms with Gasteiger partial charge in [0.25, 0.3) is 15.9 Å². The van der Waals surface area contributed by atoms with Crippen molar-refractivity contribution >= 4 is 33.3 Å². The van der Waals surface area contributed by atoms with Gasteiger partial charge in [0.2, 0.25) is 0 Å². The first-order valence-electron chi connectivity index (χ1n) is 9.93. The molecule has 3 amide bonds. The molecule has 3 rings (SSSR count). The number of primary amides is 1. The summed E-state index contributed by atoms with van der Waals surface area (Å²) < 4.78 is 33.4. The van der Waals surface area contributed by atoms with Crippen LogP contribution >= 0.6 is 0 Å². The standard InChI is InChI=1S/C23H24N4O5S/c1-15(16-10-12-18(13-11-16)26-23(24)29)25-22(28)17-6-5-7-19(14-17)33(30,31)27-20-8-3-4-9-21(20)32-2/h3-15,27H,1-2H3,(H,25,28)(H3,24,26,29). The summed E-state index contributed by atoms with van der Waals surface area (Å²) in [6.07, 6.45) is 0. The summed E-state index contributed by atoms with van der Waals surface area (Å²) in [5.41, 5.74) is 6.90. The van der Waals surface area contributed by atoms with Crippen LogP contribution in [0.25, 0.3) is 0 Å². The van der Waals surface area contributed by atoms with Crippen LogP contribution in [0.4, 0.5) is 16.2 Å². The smallest absolute Gasteiger partial charge is 0.316 e. The van der Waals surface area contributed by atoms with E-state index in [-0.39, 0.29) is 22.2 Å². The Morgan fingerprint density at radius 2 is 1.67 bits per heavy atom. The number of hydrogen-bond donors (Lipinski definition) is 4. The second-order valence-corrected chi connectivity index (χ2v) is 8.82. The number of amides is 3. The molecule has 1 atom stereocenters. The number of hydrogen-bond acceptors (Lipinski definition) is 5. The Balaban J connectivity index is 1.74. The minimum Gasteiger partial charge on any atom is -0.495 e. The highest BCUT2D eigenvalue weighted by Crippen LogP contribution is 2.26. The number of carbonyl (C=O) groups excluding carboxylic acids is 2. The lowest BCUT2D eigenvalue weighted by molar-refractivity contribution is 0.0939. The number of nitrogens with one attached hydrogen (secondary N) is 3. The third-order valence-electron chi connectivity index (χ3n) is 4.78. The molecule has 33 heavy (non-hydrogen) atoms. The molecule has 0 saturated carbocycles. The number of ether oxygens (including phenoxy) is 1. The Hall–Kier alpha value is -4.05. The van der Waals surface area contributed by atoms with E-state index < -0.39 is 22.0 Å². The first-order valence-corrected chi connectivity index (χ1v) is 11.4. The van der Waals surface area contributed by atoms with Crippen molar-refractivity contribution in [2.75, 3.05) is 17.1 Å². The van der Waals surface area contributed by atoms with Crippen molar-refractivity contribution in [1.82, 2.24) is 5.32 Å². The molecule has 0 radical (unpaired) electrons. The molecule has 0 aliphatic rings. The molecule has 0 aliphatic carbocycles. The van der Waals surface area contributed by atoms with E-state index in [1.54, 1.807) is 55.5 Å². The molecular weight excluding hydrogens is 444 g/mol. The lowest BCUT2D eigenvalue weighted by Crippen LogP contribution is -2.27. The number of para-hydroxylation sites is 2. The summed E-state index contributed by atoms with van der Waals surface area (Å²) >= 11 is 0. The van der Waals surface area contributed by atoms with Gasteiger partial charge in [0.15, 0.2) is 0 Å². The molecule has 0 spiro atoms. The van der Waals surface area contributed by atoms with Crippen molar-refractivity contribution in [3.8, 4) is 5.75 Å². The molecular formula is C23H24N4O5S. The first kappa shape index (κ1) is 23.6. The third kappa shape index (κ3) is 6.01. The average Bonchev–Trinajstić information content (AvgIpc) is 2.79. The van der Waals surface area contributed by atoms with Crippen molar-refractivity contribution in [3.63, 3.8) is 0 Å². The molecule has 10 heteroatoms. The molecule has 0 aromatic heterocycles. The Bertz CT molecular complexity index is 1260. The second kappa shape index (κ2) is 10.0. The lowest BCUT2D eigenvalue weighted by atomic mass is 10.1. The zero-order chi connectivity index (χ0) is 24.0. The quantitative estimate of drug-likeness (QED) is 0.401. The van der Waals surface area contributed by atoms with Gasteiger partial charge in [-0.2, -0.15) is 0 Å². The summed E-state index contributed by atoms with van der Waals surface area (Å²) in [6, 6.07) is 18.2. The van der Waals surface area contributed by atoms with E-state index in [1.807, 2.05) is 0 Å². The fourth-order valence-electron chi connectivity index (χ4n) is 3.10. The van der Waals surface area contributed by atoms with Crippen molar-refractivity contribution in [3.05, 3.63) is 83.9 Å². The van der Waals surface area contributed by atoms with Gasteiger partial charge >= 0.3 is 6.03 Å². The van der Waals surface area contributed by atoms with Gasteiger partial charge in [-0.15, -0.1) is 0 Å². The van der Waals surface area contributed by atoms with E-state index >= 15 is 0 Å². The van der Waals surface area contributed by atoms with Crippen molar-refractivity contribution in [2.24, 2.45) is 5.73 Å². The highest BCUT2D eigenvalue weighted by molar-refractivity contribution is 7.92. The van der Waals surface area contributed by atoms with E-state index in [2.05, 4.69) is 15.4 Å². The fraction of sp³-hybridized carbons (Fsp3) is 0.130. The molecule has 0 saturated heterocycles. The fourth-order valence-corrected chi connectivity index (χ4v) is 4.21. The van der Waals surface area contributed by atoms with Crippen LogP contribution < -0.4 is 25.8 Å². The normalized spacial score (nSPS) is 11.8. The van der Waals surface area contributed by atoms with Gasteiger partial charge in [0, 0.05) is 11.3 Å². The van der Waals surface area contributed by atoms with Crippen LogP contribution in [-0.4, -0.2) is 27.5 Å². The Labute approximate surface area is 192 Å². The van der Waals surface area contributed by atoms with Crippen LogP contribution in [0.2, 0.25) is 0 Å². The summed E-state index contributed by atoms with van der Waals surface area (Å²) in [6.45, 7) is 1.79. The van der Waals surface area contributed by atoms with Gasteiger partial charge in [0.05, 0.1) is 23.7 Å². The molecule has 9 nitrogen and oxygen atoms in total. The van der Waals surface area contributed by atoms with Crippen LogP contribution in [0, 0.1) is 0 Å². The van der Waals surface area contributed by atoms with E-state index in [9.17, 15) is 18.0 Å². The van der Waals surface area contributed by atoms with Crippen LogP contribution in [-0.2, 0) is 10.0 Å². The first-order chi connectivity index (χ1) is 15.7. The third-order valence-corrected chi connectivity index (χ3v) is 6.15. The SMILES string of the molecule is COc1ccccc1NS(=O)(=O)c1cccc(C(=O)NC(C)c2ccc(NC(N)=O)cc2)c1. The van der Waals surface area contributed by atoms with Crippen LogP contribution in [0.5, 0.6) is 5.75 Å². The van der Waals surface area contributed by atoms with Gasteiger partial charge in [-0.25, -0.2) is 13.2 Å². The van der Waals surface area contributed by atoms with Gasteiger partial charge < -0.3 is 21.1 Å². The molecule has 1 unspecified atom stereocenters. The maximum absolute atomic E-state index is 12.9. The van der Waals surface area contributed by atoms with E-state index in [0.29, 0.717) is 11.4 Å². The molecule has 0 bridgehead atoms. The zero-order valence-corrected chi connectivity index (χ0v) is 18.8. The minimum atomic E-state index is -3.95. The van der Waals surface area contributed by atoms with Crippen molar-refractivity contribution in [1.29, 1.82) is 0 Å². The number of benzene rings is 3. The Morgan fingerprint density at radius 3 is 2.33 bits per heavy atom. The predicted molar refractivity (Wildman–Crippen MR) is 126 cm³/mol. The van der Waals surface area contributed by atoms with Crippen LogP contribution in [0.3, 0.4) is 0 Å². The monoisotopic (exact) mass is 468 g/mol. The van der Waals surface area contributed by atoms with Crippen LogP contribution in [0.15, 0.2) is 77.7 Å². The molecule has 5 N–H and O–H groups in total. The number of rotatable bonds is 8. The second-order valence-electron chi connectivity index (χ2n) is 7.14. The largest absolute Gasteiger partial charge is 0.495 e. The molecule has 3 aromatic carbocycles. The van der Waals surface area contributed by atoms with E-state index in [4.69, 9.17) is 10.5 Å². The van der Waals surface area contributed by atoms with Crippen molar-refractivity contribution < 1.29 is 22.7 Å². The van der Waals surface area contributed by atoms with Gasteiger partial charge in [-0.1, -0.05) is 30.3 Å². The number of carbonyl (C=O) groups is 2. The van der Waals surface area contributed by atoms with Crippen molar-refractivity contribution in [2.45, 2.75) is 17.9 Å². The zero-order valence-electron chi connectivity index (χ0n) is 18.0. The van der Waals surface area contributed by atoms with Gasteiger partial charge in [-0.05, 0) is 55.0 Å². The lowest BCUT2D eigenvalue weighted by Gasteiger charge is -2.16. The topological polar surface area (TPSA) is 140 Å². The summed E-state index contributed by atoms with van der Waals surface area (Å²) in [7, 11) is -2.51. The minimum absolute atomic E-state index is 0.0596. The van der Waals surface area contributed by atoms with Gasteiger partial charge in [-0.3, -0.25) is 9.52 Å². The number of sulfonamides is 1. The average molecular weight is 469 g/mol.